The van der Waals surface area contributed by atoms with Crippen molar-refractivity contribution >= 4 is 0 Å². The van der Waals surface area contributed by atoms with Crippen LogP contribution in [0.5, 0.6) is 5.75 Å². The van der Waals surface area contributed by atoms with E-state index in [-0.39, 0.29) is 17.1 Å². The molecule has 0 atom stereocenters. The molecule has 0 fully saturated rings. The molecule has 0 bridgehead atoms. The van der Waals surface area contributed by atoms with Gasteiger partial charge in [-0.05, 0) is 12.1 Å². The molecule has 2 aromatic heterocycles. The zero-order valence-corrected chi connectivity index (χ0v) is 9.43. The summed E-state index contributed by atoms with van der Waals surface area (Å²) in [6.07, 6.45) is 1.57. The van der Waals surface area contributed by atoms with Crippen molar-refractivity contribution in [2.45, 2.75) is 26.2 Å². The van der Waals surface area contributed by atoms with Crippen molar-refractivity contribution in [3.63, 3.8) is 0 Å². The minimum atomic E-state index is -0.188. The number of aromatic hydroxyl groups is 1. The summed E-state index contributed by atoms with van der Waals surface area (Å²) in [4.78, 5) is 8.21. The van der Waals surface area contributed by atoms with E-state index in [1.165, 1.54) is 6.07 Å². The Labute approximate surface area is 93.1 Å². The van der Waals surface area contributed by atoms with Crippen LogP contribution in [-0.2, 0) is 5.41 Å². The van der Waals surface area contributed by atoms with E-state index in [1.54, 1.807) is 12.3 Å². The minimum absolute atomic E-state index is 0.0339. The van der Waals surface area contributed by atoms with Crippen LogP contribution in [-0.4, -0.2) is 20.2 Å². The fourth-order valence-corrected chi connectivity index (χ4v) is 1.19. The normalized spacial score (nSPS) is 11.7. The van der Waals surface area contributed by atoms with E-state index in [2.05, 4.69) is 15.1 Å². The molecular weight excluding hydrogens is 206 g/mol. The van der Waals surface area contributed by atoms with Crippen LogP contribution in [0.2, 0.25) is 0 Å². The largest absolute Gasteiger partial charge is 0.505 e. The van der Waals surface area contributed by atoms with Gasteiger partial charge in [0.25, 0.3) is 5.89 Å². The molecule has 0 unspecified atom stereocenters. The number of hydrogen-bond acceptors (Lipinski definition) is 5. The molecule has 0 saturated heterocycles. The van der Waals surface area contributed by atoms with E-state index in [0.717, 1.165) is 0 Å². The quantitative estimate of drug-likeness (QED) is 0.795. The molecule has 0 amide bonds. The van der Waals surface area contributed by atoms with Crippen molar-refractivity contribution < 1.29 is 9.63 Å². The summed E-state index contributed by atoms with van der Waals surface area (Å²) in [6, 6.07) is 3.17. The van der Waals surface area contributed by atoms with E-state index < -0.39 is 0 Å². The number of rotatable bonds is 1. The van der Waals surface area contributed by atoms with Crippen LogP contribution in [0.1, 0.15) is 26.6 Å². The Kier molecular flexibility index (Phi) is 2.38. The summed E-state index contributed by atoms with van der Waals surface area (Å²) in [6.45, 7) is 5.96. The van der Waals surface area contributed by atoms with E-state index in [4.69, 9.17) is 4.52 Å². The minimum Gasteiger partial charge on any atom is -0.505 e. The molecule has 2 aromatic rings. The van der Waals surface area contributed by atoms with Gasteiger partial charge in [0.1, 0.15) is 5.75 Å². The van der Waals surface area contributed by atoms with Gasteiger partial charge in [0.15, 0.2) is 11.5 Å². The van der Waals surface area contributed by atoms with Crippen LogP contribution in [0.3, 0.4) is 0 Å². The Morgan fingerprint density at radius 2 is 2.06 bits per heavy atom. The molecule has 5 nitrogen and oxygen atoms in total. The predicted molar refractivity (Wildman–Crippen MR) is 57.9 cm³/mol. The second-order valence-corrected chi connectivity index (χ2v) is 4.54. The number of nitrogens with zero attached hydrogens (tertiary/aromatic N) is 3. The molecule has 84 valence electrons. The average molecular weight is 219 g/mol. The molecule has 5 heteroatoms. The highest BCUT2D eigenvalue weighted by atomic mass is 16.5. The van der Waals surface area contributed by atoms with E-state index in [0.29, 0.717) is 11.5 Å². The first-order valence-corrected chi connectivity index (χ1v) is 4.97. The molecule has 0 aliphatic rings. The van der Waals surface area contributed by atoms with Gasteiger partial charge in [0.05, 0.1) is 0 Å². The Balaban J connectivity index is 2.44. The Bertz CT molecular complexity index is 500. The smallest absolute Gasteiger partial charge is 0.280 e. The Hall–Kier alpha value is -1.91. The molecule has 0 aliphatic heterocycles. The van der Waals surface area contributed by atoms with E-state index >= 15 is 0 Å². The average Bonchev–Trinajstić information content (AvgIpc) is 2.66. The second-order valence-electron chi connectivity index (χ2n) is 4.54. The summed E-state index contributed by atoms with van der Waals surface area (Å²) < 4.78 is 5.07. The summed E-state index contributed by atoms with van der Waals surface area (Å²) in [5.74, 6) is 0.863. The monoisotopic (exact) mass is 219 g/mol. The van der Waals surface area contributed by atoms with Crippen molar-refractivity contribution in [1.29, 1.82) is 0 Å². The van der Waals surface area contributed by atoms with Crippen LogP contribution in [0.15, 0.2) is 22.9 Å². The Morgan fingerprint density at radius 1 is 1.31 bits per heavy atom. The van der Waals surface area contributed by atoms with Gasteiger partial charge < -0.3 is 9.63 Å². The van der Waals surface area contributed by atoms with E-state index in [1.807, 2.05) is 20.8 Å². The lowest BCUT2D eigenvalue weighted by atomic mass is 9.96. The van der Waals surface area contributed by atoms with Crippen molar-refractivity contribution in [3.8, 4) is 17.3 Å². The highest BCUT2D eigenvalue weighted by molar-refractivity contribution is 5.55. The molecular formula is C11H13N3O2. The molecule has 2 heterocycles. The van der Waals surface area contributed by atoms with Gasteiger partial charge in [-0.15, -0.1) is 0 Å². The van der Waals surface area contributed by atoms with Crippen LogP contribution in [0.25, 0.3) is 11.6 Å². The lowest BCUT2D eigenvalue weighted by molar-refractivity contribution is 0.398. The van der Waals surface area contributed by atoms with Crippen LogP contribution >= 0.6 is 0 Å². The van der Waals surface area contributed by atoms with Gasteiger partial charge in [0.2, 0.25) is 0 Å². The van der Waals surface area contributed by atoms with Gasteiger partial charge in [-0.2, -0.15) is 4.98 Å². The zero-order valence-electron chi connectivity index (χ0n) is 9.43. The standard InChI is InChI=1S/C11H13N3O2/c1-11(2,3)10-13-9(16-14-10)8-7(15)5-4-6-12-8/h4-6,15H,1-3H3. The second kappa shape index (κ2) is 3.59. The number of aromatic nitrogens is 3. The maximum absolute atomic E-state index is 9.59. The molecule has 2 rings (SSSR count). The molecule has 0 aliphatic carbocycles. The van der Waals surface area contributed by atoms with Crippen molar-refractivity contribution in [3.05, 3.63) is 24.2 Å². The molecule has 0 spiro atoms. The lowest BCUT2D eigenvalue weighted by Crippen LogP contribution is -2.13. The van der Waals surface area contributed by atoms with Gasteiger partial charge in [-0.25, -0.2) is 4.98 Å². The fraction of sp³-hybridized carbons (Fsp3) is 0.364. The molecule has 0 saturated carbocycles. The van der Waals surface area contributed by atoms with Crippen LogP contribution < -0.4 is 0 Å². The first-order chi connectivity index (χ1) is 7.48. The number of pyridine rings is 1. The third-order valence-corrected chi connectivity index (χ3v) is 2.09. The Morgan fingerprint density at radius 3 is 2.62 bits per heavy atom. The van der Waals surface area contributed by atoms with Crippen molar-refractivity contribution in [2.75, 3.05) is 0 Å². The van der Waals surface area contributed by atoms with Crippen LogP contribution in [0, 0.1) is 0 Å². The van der Waals surface area contributed by atoms with Gasteiger partial charge in [-0.3, -0.25) is 0 Å². The molecule has 0 radical (unpaired) electrons. The highest BCUT2D eigenvalue weighted by Crippen LogP contribution is 2.27. The topological polar surface area (TPSA) is 72.0 Å². The lowest BCUT2D eigenvalue weighted by Gasteiger charge is -2.10. The maximum atomic E-state index is 9.59. The SMILES string of the molecule is CC(C)(C)c1noc(-c2ncccc2O)n1. The van der Waals surface area contributed by atoms with Gasteiger partial charge >= 0.3 is 0 Å². The molecule has 0 aromatic carbocycles. The zero-order chi connectivity index (χ0) is 11.8. The summed E-state index contributed by atoms with van der Waals surface area (Å²) in [5, 5.41) is 13.5. The third kappa shape index (κ3) is 1.88. The van der Waals surface area contributed by atoms with Gasteiger partial charge in [0, 0.05) is 11.6 Å². The highest BCUT2D eigenvalue weighted by Gasteiger charge is 2.22. The summed E-state index contributed by atoms with van der Waals surface area (Å²) >= 11 is 0. The fourth-order valence-electron chi connectivity index (χ4n) is 1.19. The number of hydrogen-bond donors (Lipinski definition) is 1. The first kappa shape index (κ1) is 10.6. The molecule has 16 heavy (non-hydrogen) atoms. The van der Waals surface area contributed by atoms with Crippen molar-refractivity contribution in [2.24, 2.45) is 0 Å². The van der Waals surface area contributed by atoms with Gasteiger partial charge in [-0.1, -0.05) is 25.9 Å². The third-order valence-electron chi connectivity index (χ3n) is 2.09. The first-order valence-electron chi connectivity index (χ1n) is 4.97. The predicted octanol–water partition coefficient (Wildman–Crippen LogP) is 2.13. The molecule has 1 N–H and O–H groups in total. The summed E-state index contributed by atoms with van der Waals surface area (Å²) in [5.41, 5.74) is 0.122. The maximum Gasteiger partial charge on any atom is 0.280 e. The summed E-state index contributed by atoms with van der Waals surface area (Å²) in [7, 11) is 0. The van der Waals surface area contributed by atoms with Crippen molar-refractivity contribution in [1.82, 2.24) is 15.1 Å². The van der Waals surface area contributed by atoms with E-state index in [9.17, 15) is 5.11 Å². The van der Waals surface area contributed by atoms with Crippen LogP contribution in [0.4, 0.5) is 0 Å².